The molecular formula is C25H35FN4O5S. The first-order valence-electron chi connectivity index (χ1n) is 12.0. The zero-order chi connectivity index (χ0) is 26.3. The molecule has 2 aromatic carbocycles. The fraction of sp³-hybridized carbons (Fsp3) is 0.520. The van der Waals surface area contributed by atoms with Crippen LogP contribution in [0.25, 0.3) is 10.8 Å². The number of ketones is 1. The number of amides is 1. The molecule has 0 spiro atoms. The van der Waals surface area contributed by atoms with E-state index in [-0.39, 0.29) is 31.7 Å². The van der Waals surface area contributed by atoms with Gasteiger partial charge in [0.15, 0.2) is 5.78 Å². The number of halogens is 1. The molecule has 1 fully saturated rings. The molecule has 1 saturated heterocycles. The van der Waals surface area contributed by atoms with Crippen molar-refractivity contribution in [1.29, 1.82) is 0 Å². The van der Waals surface area contributed by atoms with Crippen LogP contribution in [0.2, 0.25) is 0 Å². The van der Waals surface area contributed by atoms with E-state index in [2.05, 4.69) is 52.8 Å². The molecule has 1 aliphatic heterocycles. The molecule has 0 saturated carbocycles. The summed E-state index contributed by atoms with van der Waals surface area (Å²) in [6.45, 7) is 1.43. The van der Waals surface area contributed by atoms with Crippen molar-refractivity contribution in [3.8, 4) is 0 Å². The minimum atomic E-state index is -3.65. The number of Topliss-reactive ketones (excluding diaryl/α,β-unsaturated/α-hetero) is 1. The second-order valence-corrected chi connectivity index (χ2v) is 11.1. The highest BCUT2D eigenvalue weighted by Crippen LogP contribution is 2.31. The first-order valence-corrected chi connectivity index (χ1v) is 13.9. The topological polar surface area (TPSA) is 119 Å². The highest BCUT2D eigenvalue weighted by molar-refractivity contribution is 7.88. The molecule has 36 heavy (non-hydrogen) atoms. The van der Waals surface area contributed by atoms with Crippen LogP contribution >= 0.6 is 0 Å². The lowest BCUT2D eigenvalue weighted by Gasteiger charge is -2.40. The van der Waals surface area contributed by atoms with Crippen molar-refractivity contribution < 1.29 is 27.5 Å². The molecule has 0 radical (unpaired) electrons. The number of aliphatic hydroxyl groups excluding tert-OH is 1. The van der Waals surface area contributed by atoms with Crippen molar-refractivity contribution in [1.82, 2.24) is 19.8 Å². The van der Waals surface area contributed by atoms with Crippen LogP contribution in [0.15, 0.2) is 42.5 Å². The SMILES string of the molecule is CC(c1cccc2ccccc12)N1CCC(N(CC(=O)NCC(O)NCC(=O)CF)S(C)(=O)=O)CC1. The van der Waals surface area contributed by atoms with Gasteiger partial charge in [0.05, 0.1) is 25.9 Å². The van der Waals surface area contributed by atoms with Crippen LogP contribution in [0.3, 0.4) is 0 Å². The minimum Gasteiger partial charge on any atom is -0.377 e. The summed E-state index contributed by atoms with van der Waals surface area (Å²) < 4.78 is 38.4. The minimum absolute atomic E-state index is 0.158. The van der Waals surface area contributed by atoms with E-state index in [1.165, 1.54) is 20.6 Å². The van der Waals surface area contributed by atoms with Gasteiger partial charge >= 0.3 is 0 Å². The highest BCUT2D eigenvalue weighted by Gasteiger charge is 2.33. The van der Waals surface area contributed by atoms with Crippen molar-refractivity contribution in [2.75, 3.05) is 45.7 Å². The molecule has 2 atom stereocenters. The third-order valence-electron chi connectivity index (χ3n) is 6.63. The predicted octanol–water partition coefficient (Wildman–Crippen LogP) is 1.19. The van der Waals surface area contributed by atoms with Crippen LogP contribution in [0.5, 0.6) is 0 Å². The fourth-order valence-electron chi connectivity index (χ4n) is 4.65. The Morgan fingerprint density at radius 3 is 2.50 bits per heavy atom. The first kappa shape index (κ1) is 28.1. The maximum atomic E-state index is 12.5. The van der Waals surface area contributed by atoms with Crippen molar-refractivity contribution in [3.63, 3.8) is 0 Å². The summed E-state index contributed by atoms with van der Waals surface area (Å²) in [4.78, 5) is 25.7. The Hall–Kier alpha value is -2.44. The average molecular weight is 523 g/mol. The summed E-state index contributed by atoms with van der Waals surface area (Å²) in [5, 5.41) is 17.0. The summed E-state index contributed by atoms with van der Waals surface area (Å²) in [6, 6.07) is 14.4. The third kappa shape index (κ3) is 7.53. The molecule has 3 N–H and O–H groups in total. The molecule has 198 valence electrons. The molecule has 2 unspecified atom stereocenters. The normalized spacial score (nSPS) is 17.2. The van der Waals surface area contributed by atoms with Crippen LogP contribution in [-0.2, 0) is 19.6 Å². The maximum Gasteiger partial charge on any atom is 0.235 e. The van der Waals surface area contributed by atoms with E-state index in [1.807, 2.05) is 12.1 Å². The summed E-state index contributed by atoms with van der Waals surface area (Å²) in [7, 11) is -3.65. The van der Waals surface area contributed by atoms with E-state index in [0.717, 1.165) is 6.26 Å². The van der Waals surface area contributed by atoms with Gasteiger partial charge in [-0.15, -0.1) is 0 Å². The lowest BCUT2D eigenvalue weighted by molar-refractivity contribution is -0.122. The smallest absolute Gasteiger partial charge is 0.235 e. The van der Waals surface area contributed by atoms with Gasteiger partial charge < -0.3 is 10.4 Å². The van der Waals surface area contributed by atoms with E-state index < -0.39 is 34.6 Å². The number of nitrogens with one attached hydrogen (secondary N) is 2. The average Bonchev–Trinajstić information content (AvgIpc) is 2.87. The second-order valence-electron chi connectivity index (χ2n) is 9.19. The molecule has 0 bridgehead atoms. The monoisotopic (exact) mass is 522 g/mol. The van der Waals surface area contributed by atoms with E-state index in [9.17, 15) is 27.5 Å². The zero-order valence-electron chi connectivity index (χ0n) is 20.7. The Labute approximate surface area is 211 Å². The molecule has 1 heterocycles. The van der Waals surface area contributed by atoms with Crippen molar-refractivity contribution in [2.45, 2.75) is 38.1 Å². The summed E-state index contributed by atoms with van der Waals surface area (Å²) in [5.74, 6) is -1.28. The third-order valence-corrected chi connectivity index (χ3v) is 7.91. The van der Waals surface area contributed by atoms with E-state index in [0.29, 0.717) is 25.9 Å². The van der Waals surface area contributed by atoms with Gasteiger partial charge in [-0.1, -0.05) is 42.5 Å². The number of carbonyl (C=O) groups is 2. The Balaban J connectivity index is 1.56. The highest BCUT2D eigenvalue weighted by atomic mass is 32.2. The van der Waals surface area contributed by atoms with E-state index >= 15 is 0 Å². The van der Waals surface area contributed by atoms with Gasteiger partial charge in [-0.05, 0) is 36.1 Å². The molecule has 11 heteroatoms. The van der Waals surface area contributed by atoms with Crippen LogP contribution in [0, 0.1) is 0 Å². The van der Waals surface area contributed by atoms with E-state index in [1.54, 1.807) is 0 Å². The standard InChI is InChI=1S/C25H35FN4O5S/c1-18(22-9-5-7-19-6-3-4-8-23(19)22)29-12-10-20(11-13-29)30(36(2,34)35)17-25(33)28-16-24(32)27-15-21(31)14-26/h3-9,18,20,24,27,32H,10-17H2,1-2H3,(H,28,33). The molecule has 0 aliphatic carbocycles. The number of aliphatic hydroxyl groups is 1. The van der Waals surface area contributed by atoms with Crippen LogP contribution in [0.4, 0.5) is 4.39 Å². The number of rotatable bonds is 12. The van der Waals surface area contributed by atoms with Gasteiger partial charge in [-0.3, -0.25) is 19.8 Å². The van der Waals surface area contributed by atoms with Gasteiger partial charge in [-0.2, -0.15) is 4.31 Å². The maximum absolute atomic E-state index is 12.5. The molecular weight excluding hydrogens is 487 g/mol. The Kier molecular flexibility index (Phi) is 9.92. The number of carbonyl (C=O) groups excluding carboxylic acids is 2. The number of piperidine rings is 1. The summed E-state index contributed by atoms with van der Waals surface area (Å²) >= 11 is 0. The predicted molar refractivity (Wildman–Crippen MR) is 137 cm³/mol. The van der Waals surface area contributed by atoms with Gasteiger partial charge in [0, 0.05) is 25.2 Å². The molecule has 3 rings (SSSR count). The quantitative estimate of drug-likeness (QED) is 0.358. The molecule has 9 nitrogen and oxygen atoms in total. The number of fused-ring (bicyclic) bond motifs is 1. The number of hydrogen-bond donors (Lipinski definition) is 3. The molecule has 1 amide bonds. The Morgan fingerprint density at radius 2 is 1.83 bits per heavy atom. The summed E-state index contributed by atoms with van der Waals surface area (Å²) in [6.07, 6.45) is 1.01. The second kappa shape index (κ2) is 12.7. The lowest BCUT2D eigenvalue weighted by Crippen LogP contribution is -2.51. The number of likely N-dealkylation sites (tertiary alicyclic amines) is 1. The number of benzene rings is 2. The van der Waals surface area contributed by atoms with Gasteiger partial charge in [0.1, 0.15) is 12.9 Å². The first-order chi connectivity index (χ1) is 17.1. The fourth-order valence-corrected chi connectivity index (χ4v) is 5.75. The summed E-state index contributed by atoms with van der Waals surface area (Å²) in [5.41, 5.74) is 1.23. The van der Waals surface area contributed by atoms with Crippen molar-refractivity contribution in [3.05, 3.63) is 48.0 Å². The van der Waals surface area contributed by atoms with Crippen LogP contribution in [0.1, 0.15) is 31.4 Å². The van der Waals surface area contributed by atoms with Crippen molar-refractivity contribution >= 4 is 32.5 Å². The molecule has 0 aromatic heterocycles. The van der Waals surface area contributed by atoms with Gasteiger partial charge in [-0.25, -0.2) is 12.8 Å². The number of nitrogens with zero attached hydrogens (tertiary/aromatic N) is 2. The Bertz CT molecular complexity index is 1150. The van der Waals surface area contributed by atoms with Gasteiger partial charge in [0.2, 0.25) is 15.9 Å². The van der Waals surface area contributed by atoms with Crippen LogP contribution < -0.4 is 10.6 Å². The lowest BCUT2D eigenvalue weighted by atomic mass is 9.96. The largest absolute Gasteiger partial charge is 0.377 e. The zero-order valence-corrected chi connectivity index (χ0v) is 21.5. The van der Waals surface area contributed by atoms with Crippen LogP contribution in [-0.4, -0.2) is 92.3 Å². The number of hydrogen-bond acceptors (Lipinski definition) is 7. The van der Waals surface area contributed by atoms with E-state index in [4.69, 9.17) is 0 Å². The number of alkyl halides is 1. The van der Waals surface area contributed by atoms with Gasteiger partial charge in [0.25, 0.3) is 0 Å². The van der Waals surface area contributed by atoms with Crippen molar-refractivity contribution in [2.24, 2.45) is 0 Å². The Morgan fingerprint density at radius 1 is 1.17 bits per heavy atom. The molecule has 2 aromatic rings. The molecule has 1 aliphatic rings. The number of sulfonamides is 1.